The van der Waals surface area contributed by atoms with E-state index in [-0.39, 0.29) is 5.91 Å². The molecular weight excluding hydrogens is 393 g/mol. The fourth-order valence-electron chi connectivity index (χ4n) is 1.62. The zero-order chi connectivity index (χ0) is 13.8. The van der Waals surface area contributed by atoms with E-state index in [9.17, 15) is 4.79 Å². The topological polar surface area (TPSA) is 29.1 Å². The predicted molar refractivity (Wildman–Crippen MR) is 86.2 cm³/mol. The molecule has 0 aromatic heterocycles. The van der Waals surface area contributed by atoms with E-state index in [1.165, 1.54) is 0 Å². The largest absolute Gasteiger partial charge is 0.322 e. The Morgan fingerprint density at radius 3 is 2.63 bits per heavy atom. The number of hydrogen-bond acceptors (Lipinski definition) is 1. The lowest BCUT2D eigenvalue weighted by molar-refractivity contribution is 0.102. The number of nitrogens with one attached hydrogen (secondary N) is 1. The molecule has 2 aromatic carbocycles. The first-order valence-corrected chi connectivity index (χ1v) is 7.81. The summed E-state index contributed by atoms with van der Waals surface area (Å²) in [5, 5.41) is 3.97. The van der Waals surface area contributed by atoms with Crippen LogP contribution in [0.25, 0.3) is 0 Å². The fraction of sp³-hybridized carbons (Fsp3) is 0.0714. The lowest BCUT2D eigenvalue weighted by atomic mass is 10.1. The molecule has 2 nitrogen and oxygen atoms in total. The lowest BCUT2D eigenvalue weighted by Crippen LogP contribution is -2.13. The third-order valence-electron chi connectivity index (χ3n) is 2.59. The average molecular weight is 404 g/mol. The maximum absolute atomic E-state index is 12.2. The highest BCUT2D eigenvalue weighted by atomic mass is 79.9. The van der Waals surface area contributed by atoms with Crippen molar-refractivity contribution in [3.8, 4) is 0 Å². The van der Waals surface area contributed by atoms with Crippen LogP contribution >= 0.6 is 43.5 Å². The standard InChI is InChI=1S/C14H10Br2ClNO/c15-8-9-3-1-2-4-13(9)18-14(19)11-6-5-10(16)7-12(11)17/h1-7H,8H2,(H,18,19). The molecule has 5 heteroatoms. The number of carbonyl (C=O) groups excluding carboxylic acids is 1. The van der Waals surface area contributed by atoms with Gasteiger partial charge in [0.15, 0.2) is 0 Å². The third kappa shape index (κ3) is 3.59. The van der Waals surface area contributed by atoms with Crippen LogP contribution in [0.4, 0.5) is 5.69 Å². The van der Waals surface area contributed by atoms with Gasteiger partial charge in [0.1, 0.15) is 0 Å². The zero-order valence-corrected chi connectivity index (χ0v) is 13.7. The van der Waals surface area contributed by atoms with Gasteiger partial charge >= 0.3 is 0 Å². The van der Waals surface area contributed by atoms with Crippen molar-refractivity contribution in [3.63, 3.8) is 0 Å². The molecule has 0 aliphatic carbocycles. The monoisotopic (exact) mass is 401 g/mol. The SMILES string of the molecule is O=C(Nc1ccccc1CBr)c1ccc(Br)cc1Cl. The fourth-order valence-corrected chi connectivity index (χ4v) is 2.87. The minimum atomic E-state index is -0.217. The zero-order valence-electron chi connectivity index (χ0n) is 9.79. The molecule has 0 fully saturated rings. The predicted octanol–water partition coefficient (Wildman–Crippen LogP) is 5.25. The van der Waals surface area contributed by atoms with Crippen LogP contribution in [0.3, 0.4) is 0 Å². The van der Waals surface area contributed by atoms with Crippen molar-refractivity contribution >= 4 is 55.1 Å². The minimum Gasteiger partial charge on any atom is -0.322 e. The summed E-state index contributed by atoms with van der Waals surface area (Å²) >= 11 is 12.8. The van der Waals surface area contributed by atoms with Crippen molar-refractivity contribution in [2.45, 2.75) is 5.33 Å². The van der Waals surface area contributed by atoms with E-state index in [1.54, 1.807) is 18.2 Å². The van der Waals surface area contributed by atoms with Gasteiger partial charge in [0.05, 0.1) is 10.6 Å². The Bertz CT molecular complexity index is 616. The van der Waals surface area contributed by atoms with Gasteiger partial charge in [-0.15, -0.1) is 0 Å². The van der Waals surface area contributed by atoms with Crippen LogP contribution in [-0.2, 0) is 5.33 Å². The summed E-state index contributed by atoms with van der Waals surface area (Å²) < 4.78 is 0.843. The molecule has 2 rings (SSSR count). The third-order valence-corrected chi connectivity index (χ3v) is 4.00. The number of benzene rings is 2. The highest BCUT2D eigenvalue weighted by Gasteiger charge is 2.12. The Balaban J connectivity index is 2.26. The maximum Gasteiger partial charge on any atom is 0.257 e. The number of rotatable bonds is 3. The Hall–Kier alpha value is -0.840. The highest BCUT2D eigenvalue weighted by Crippen LogP contribution is 2.24. The Morgan fingerprint density at radius 1 is 1.21 bits per heavy atom. The Morgan fingerprint density at radius 2 is 1.95 bits per heavy atom. The van der Waals surface area contributed by atoms with E-state index in [0.717, 1.165) is 15.7 Å². The van der Waals surface area contributed by atoms with Gasteiger partial charge in [-0.05, 0) is 29.8 Å². The minimum absolute atomic E-state index is 0.217. The van der Waals surface area contributed by atoms with E-state index in [0.29, 0.717) is 15.9 Å². The van der Waals surface area contributed by atoms with E-state index in [2.05, 4.69) is 37.2 Å². The average Bonchev–Trinajstić information content (AvgIpc) is 2.39. The molecule has 0 unspecified atom stereocenters. The molecular formula is C14H10Br2ClNO. The first kappa shape index (κ1) is 14.6. The molecule has 1 amide bonds. The van der Waals surface area contributed by atoms with Crippen LogP contribution in [0.1, 0.15) is 15.9 Å². The first-order valence-electron chi connectivity index (χ1n) is 5.52. The summed E-state index contributed by atoms with van der Waals surface area (Å²) in [6.07, 6.45) is 0. The van der Waals surface area contributed by atoms with E-state index in [4.69, 9.17) is 11.6 Å². The van der Waals surface area contributed by atoms with Crippen molar-refractivity contribution in [3.05, 3.63) is 63.1 Å². The van der Waals surface area contributed by atoms with Crippen molar-refractivity contribution in [2.75, 3.05) is 5.32 Å². The number of hydrogen-bond donors (Lipinski definition) is 1. The number of carbonyl (C=O) groups is 1. The van der Waals surface area contributed by atoms with Crippen LogP contribution in [0.15, 0.2) is 46.9 Å². The van der Waals surface area contributed by atoms with E-state index < -0.39 is 0 Å². The molecule has 0 saturated carbocycles. The Labute approximate surface area is 133 Å². The van der Waals surface area contributed by atoms with Crippen LogP contribution < -0.4 is 5.32 Å². The number of amides is 1. The normalized spacial score (nSPS) is 10.3. The maximum atomic E-state index is 12.2. The van der Waals surface area contributed by atoms with Crippen LogP contribution in [0.5, 0.6) is 0 Å². The van der Waals surface area contributed by atoms with Crippen molar-refractivity contribution in [1.29, 1.82) is 0 Å². The molecule has 0 radical (unpaired) electrons. The van der Waals surface area contributed by atoms with Crippen molar-refractivity contribution < 1.29 is 4.79 Å². The van der Waals surface area contributed by atoms with E-state index >= 15 is 0 Å². The van der Waals surface area contributed by atoms with E-state index in [1.807, 2.05) is 24.3 Å². The van der Waals surface area contributed by atoms with Gasteiger partial charge < -0.3 is 5.32 Å². The Kier molecular flexibility index (Phi) is 5.02. The summed E-state index contributed by atoms with van der Waals surface area (Å²) in [7, 11) is 0. The van der Waals surface area contributed by atoms with Gasteiger partial charge in [0, 0.05) is 15.5 Å². The van der Waals surface area contributed by atoms with Gasteiger partial charge in [-0.2, -0.15) is 0 Å². The van der Waals surface area contributed by atoms with Gasteiger partial charge in [0.25, 0.3) is 5.91 Å². The molecule has 0 heterocycles. The highest BCUT2D eigenvalue weighted by molar-refractivity contribution is 9.10. The molecule has 0 aliphatic rings. The molecule has 19 heavy (non-hydrogen) atoms. The second-order valence-electron chi connectivity index (χ2n) is 3.87. The molecule has 98 valence electrons. The molecule has 0 bridgehead atoms. The van der Waals surface area contributed by atoms with Gasteiger partial charge in [-0.25, -0.2) is 0 Å². The second kappa shape index (κ2) is 6.55. The smallest absolute Gasteiger partial charge is 0.257 e. The van der Waals surface area contributed by atoms with Gasteiger partial charge in [0.2, 0.25) is 0 Å². The molecule has 2 aromatic rings. The summed E-state index contributed by atoms with van der Waals surface area (Å²) in [5.41, 5.74) is 2.25. The molecule has 1 N–H and O–H groups in total. The second-order valence-corrected chi connectivity index (χ2v) is 5.75. The number of alkyl halides is 1. The molecule has 0 aliphatic heterocycles. The molecule has 0 atom stereocenters. The van der Waals surface area contributed by atoms with Crippen LogP contribution in [0, 0.1) is 0 Å². The van der Waals surface area contributed by atoms with Crippen molar-refractivity contribution in [1.82, 2.24) is 0 Å². The van der Waals surface area contributed by atoms with Crippen molar-refractivity contribution in [2.24, 2.45) is 0 Å². The van der Waals surface area contributed by atoms with Crippen LogP contribution in [-0.4, -0.2) is 5.91 Å². The molecule has 0 spiro atoms. The number of para-hydroxylation sites is 1. The molecule has 0 saturated heterocycles. The van der Waals surface area contributed by atoms with Crippen LogP contribution in [0.2, 0.25) is 5.02 Å². The summed E-state index contributed by atoms with van der Waals surface area (Å²) in [6, 6.07) is 12.8. The summed E-state index contributed by atoms with van der Waals surface area (Å²) in [4.78, 5) is 12.2. The first-order chi connectivity index (χ1) is 9.11. The summed E-state index contributed by atoms with van der Waals surface area (Å²) in [5.74, 6) is -0.217. The van der Waals surface area contributed by atoms with Gasteiger partial charge in [-0.3, -0.25) is 4.79 Å². The summed E-state index contributed by atoms with van der Waals surface area (Å²) in [6.45, 7) is 0. The number of halogens is 3. The lowest BCUT2D eigenvalue weighted by Gasteiger charge is -2.10. The number of anilines is 1. The van der Waals surface area contributed by atoms with Gasteiger partial charge in [-0.1, -0.05) is 61.7 Å². The quantitative estimate of drug-likeness (QED) is 0.697.